The van der Waals surface area contributed by atoms with Crippen molar-refractivity contribution in [2.24, 2.45) is 7.05 Å². The van der Waals surface area contributed by atoms with Gasteiger partial charge in [-0.1, -0.05) is 24.6 Å². The van der Waals surface area contributed by atoms with Crippen LogP contribution in [0.1, 0.15) is 12.6 Å². The summed E-state index contributed by atoms with van der Waals surface area (Å²) in [5, 5.41) is 5.98. The summed E-state index contributed by atoms with van der Waals surface area (Å²) in [4.78, 5) is 13.7. The number of benzene rings is 1. The largest absolute Gasteiger partial charge is 0.382 e. The zero-order chi connectivity index (χ0) is 18.3. The van der Waals surface area contributed by atoms with Crippen LogP contribution in [0.2, 0.25) is 5.02 Å². The van der Waals surface area contributed by atoms with E-state index in [1.54, 1.807) is 10.9 Å². The van der Waals surface area contributed by atoms with Gasteiger partial charge in [0.05, 0.1) is 21.9 Å². The minimum atomic E-state index is 0.422. The van der Waals surface area contributed by atoms with Gasteiger partial charge in [0, 0.05) is 30.4 Å². The first-order valence-electron chi connectivity index (χ1n) is 8.28. The summed E-state index contributed by atoms with van der Waals surface area (Å²) < 4.78 is 1.72. The molecular formula is C19H17ClN6. The van der Waals surface area contributed by atoms with Crippen molar-refractivity contribution in [3.8, 4) is 22.6 Å². The van der Waals surface area contributed by atoms with Crippen LogP contribution in [0.3, 0.4) is 0 Å². The summed E-state index contributed by atoms with van der Waals surface area (Å²) in [6.07, 6.45) is 4.28. The molecule has 0 aliphatic carbocycles. The predicted molar refractivity (Wildman–Crippen MR) is 104 cm³/mol. The Hall–Kier alpha value is -2.99. The Bertz CT molecular complexity index is 1120. The van der Waals surface area contributed by atoms with Crippen molar-refractivity contribution >= 4 is 28.3 Å². The van der Waals surface area contributed by atoms with E-state index in [2.05, 4.69) is 15.1 Å². The molecule has 3 heterocycles. The van der Waals surface area contributed by atoms with Gasteiger partial charge in [-0.05, 0) is 30.7 Å². The van der Waals surface area contributed by atoms with Crippen molar-refractivity contribution in [1.29, 1.82) is 0 Å². The van der Waals surface area contributed by atoms with Crippen LogP contribution in [0, 0.1) is 0 Å². The second-order valence-electron chi connectivity index (χ2n) is 6.01. The van der Waals surface area contributed by atoms with E-state index < -0.39 is 0 Å². The Balaban J connectivity index is 2.01. The van der Waals surface area contributed by atoms with Crippen LogP contribution in [0.4, 0.5) is 5.82 Å². The molecule has 6 nitrogen and oxygen atoms in total. The smallest absolute Gasteiger partial charge is 0.145 e. The fourth-order valence-corrected chi connectivity index (χ4v) is 3.22. The molecular weight excluding hydrogens is 348 g/mol. The highest BCUT2D eigenvalue weighted by Crippen LogP contribution is 2.34. The van der Waals surface area contributed by atoms with Crippen LogP contribution in [-0.2, 0) is 13.5 Å². The number of pyridine rings is 1. The minimum Gasteiger partial charge on any atom is -0.382 e. The maximum absolute atomic E-state index is 6.46. The van der Waals surface area contributed by atoms with Crippen LogP contribution < -0.4 is 5.73 Å². The number of rotatable bonds is 3. The zero-order valence-corrected chi connectivity index (χ0v) is 15.2. The first-order valence-corrected chi connectivity index (χ1v) is 8.65. The molecule has 1 aromatic carbocycles. The Morgan fingerprint density at radius 3 is 2.73 bits per heavy atom. The molecule has 0 radical (unpaired) electrons. The van der Waals surface area contributed by atoms with Crippen LogP contribution in [0.25, 0.3) is 33.5 Å². The number of nitrogens with two attached hydrogens (primary N) is 1. The van der Waals surface area contributed by atoms with E-state index in [1.807, 2.05) is 50.5 Å². The van der Waals surface area contributed by atoms with Gasteiger partial charge in [-0.15, -0.1) is 0 Å². The SMILES string of the molecule is CCc1nc(-c2cc(Cl)c3ncccc3c2)c(-c2ccn(C)n2)nc1N. The number of nitrogens with zero attached hydrogens (tertiary/aromatic N) is 5. The Morgan fingerprint density at radius 1 is 1.15 bits per heavy atom. The van der Waals surface area contributed by atoms with Gasteiger partial charge >= 0.3 is 0 Å². The number of aryl methyl sites for hydroxylation is 2. The third kappa shape index (κ3) is 2.78. The average molecular weight is 365 g/mol. The van der Waals surface area contributed by atoms with Gasteiger partial charge in [0.2, 0.25) is 0 Å². The summed E-state index contributed by atoms with van der Waals surface area (Å²) in [6.45, 7) is 2.00. The molecule has 4 rings (SSSR count). The molecule has 0 spiro atoms. The third-order valence-corrected chi connectivity index (χ3v) is 4.51. The lowest BCUT2D eigenvalue weighted by Gasteiger charge is -2.12. The third-order valence-electron chi connectivity index (χ3n) is 4.22. The van der Waals surface area contributed by atoms with Crippen LogP contribution in [-0.4, -0.2) is 24.7 Å². The quantitative estimate of drug-likeness (QED) is 0.596. The minimum absolute atomic E-state index is 0.422. The summed E-state index contributed by atoms with van der Waals surface area (Å²) in [7, 11) is 1.86. The summed E-state index contributed by atoms with van der Waals surface area (Å²) >= 11 is 6.46. The summed E-state index contributed by atoms with van der Waals surface area (Å²) in [5.41, 5.74) is 10.5. The van der Waals surface area contributed by atoms with Crippen LogP contribution in [0.5, 0.6) is 0 Å². The predicted octanol–water partition coefficient (Wildman–Crippen LogP) is 3.89. The van der Waals surface area contributed by atoms with Gasteiger partial charge in [0.1, 0.15) is 17.2 Å². The Morgan fingerprint density at radius 2 is 2.00 bits per heavy atom. The summed E-state index contributed by atoms with van der Waals surface area (Å²) in [6, 6.07) is 9.63. The van der Waals surface area contributed by atoms with E-state index in [-0.39, 0.29) is 0 Å². The normalized spacial score (nSPS) is 11.2. The monoisotopic (exact) mass is 364 g/mol. The van der Waals surface area contributed by atoms with Gasteiger partial charge in [0.25, 0.3) is 0 Å². The van der Waals surface area contributed by atoms with Crippen LogP contribution >= 0.6 is 11.6 Å². The maximum Gasteiger partial charge on any atom is 0.145 e. The molecule has 4 aromatic rings. The molecule has 0 aliphatic rings. The fourth-order valence-electron chi connectivity index (χ4n) is 2.95. The lowest BCUT2D eigenvalue weighted by molar-refractivity contribution is 0.769. The molecule has 0 fully saturated rings. The van der Waals surface area contributed by atoms with Crippen molar-refractivity contribution in [3.05, 3.63) is 53.4 Å². The maximum atomic E-state index is 6.46. The molecule has 0 unspecified atom stereocenters. The molecule has 130 valence electrons. The van der Waals surface area contributed by atoms with Gasteiger partial charge in [-0.2, -0.15) is 5.10 Å². The molecule has 0 saturated carbocycles. The van der Waals surface area contributed by atoms with E-state index in [0.29, 0.717) is 34.3 Å². The first kappa shape index (κ1) is 16.5. The topological polar surface area (TPSA) is 82.5 Å². The number of hydrogen-bond acceptors (Lipinski definition) is 5. The van der Waals surface area contributed by atoms with Crippen molar-refractivity contribution < 1.29 is 0 Å². The van der Waals surface area contributed by atoms with Gasteiger partial charge in [0.15, 0.2) is 0 Å². The van der Waals surface area contributed by atoms with E-state index in [4.69, 9.17) is 22.3 Å². The number of nitrogen functional groups attached to an aromatic ring is 1. The molecule has 2 N–H and O–H groups in total. The van der Waals surface area contributed by atoms with E-state index in [1.165, 1.54) is 0 Å². The first-order chi connectivity index (χ1) is 12.6. The van der Waals surface area contributed by atoms with Gasteiger partial charge in [-0.25, -0.2) is 9.97 Å². The molecule has 0 bridgehead atoms. The number of fused-ring (bicyclic) bond motifs is 1. The Labute approximate surface area is 155 Å². The van der Waals surface area contributed by atoms with E-state index in [0.717, 1.165) is 22.2 Å². The van der Waals surface area contributed by atoms with Crippen molar-refractivity contribution in [1.82, 2.24) is 24.7 Å². The fraction of sp³-hybridized carbons (Fsp3) is 0.158. The van der Waals surface area contributed by atoms with Gasteiger partial charge in [-0.3, -0.25) is 9.67 Å². The van der Waals surface area contributed by atoms with Crippen LogP contribution in [0.15, 0.2) is 42.7 Å². The zero-order valence-electron chi connectivity index (χ0n) is 14.4. The highest BCUT2D eigenvalue weighted by molar-refractivity contribution is 6.35. The summed E-state index contributed by atoms with van der Waals surface area (Å²) in [5.74, 6) is 0.422. The van der Waals surface area contributed by atoms with E-state index >= 15 is 0 Å². The lowest BCUT2D eigenvalue weighted by Crippen LogP contribution is -2.05. The molecule has 0 amide bonds. The standard InChI is InChI=1S/C19H17ClN6/c1-3-14-19(21)24-18(15-6-8-26(2)25-15)17(23-14)12-9-11-5-4-7-22-16(11)13(20)10-12/h4-10H,3H2,1-2H3,(H2,21,24). The van der Waals surface area contributed by atoms with Crippen molar-refractivity contribution in [2.45, 2.75) is 13.3 Å². The van der Waals surface area contributed by atoms with Gasteiger partial charge < -0.3 is 5.73 Å². The second kappa shape index (κ2) is 6.38. The molecule has 3 aromatic heterocycles. The van der Waals surface area contributed by atoms with E-state index in [9.17, 15) is 0 Å². The lowest BCUT2D eigenvalue weighted by atomic mass is 10.0. The highest BCUT2D eigenvalue weighted by Gasteiger charge is 2.18. The van der Waals surface area contributed by atoms with Crippen molar-refractivity contribution in [3.63, 3.8) is 0 Å². The molecule has 0 aliphatic heterocycles. The molecule has 0 atom stereocenters. The number of halogens is 1. The molecule has 7 heteroatoms. The molecule has 26 heavy (non-hydrogen) atoms. The second-order valence-corrected chi connectivity index (χ2v) is 6.42. The average Bonchev–Trinajstić information content (AvgIpc) is 3.07. The highest BCUT2D eigenvalue weighted by atomic mass is 35.5. The number of anilines is 1. The molecule has 0 saturated heterocycles. The van der Waals surface area contributed by atoms with Crippen molar-refractivity contribution in [2.75, 3.05) is 5.73 Å². The number of aromatic nitrogens is 5. The number of hydrogen-bond donors (Lipinski definition) is 1. The Kier molecular flexibility index (Phi) is 4.05.